The molecule has 0 saturated heterocycles. The monoisotopic (exact) mass is 352 g/mol. The Balaban J connectivity index is 1.97. The lowest BCUT2D eigenvalue weighted by Gasteiger charge is -2.11. The first-order valence-electron chi connectivity index (χ1n) is 7.07. The molecule has 0 atom stereocenters. The van der Waals surface area contributed by atoms with Gasteiger partial charge in [-0.3, -0.25) is 4.79 Å². The van der Waals surface area contributed by atoms with E-state index < -0.39 is 0 Å². The molecule has 1 aromatic carbocycles. The Morgan fingerprint density at radius 1 is 1.22 bits per heavy atom. The van der Waals surface area contributed by atoms with Gasteiger partial charge in [-0.1, -0.05) is 23.2 Å². The molecule has 0 spiro atoms. The number of benzene rings is 1. The molecule has 2 N–H and O–H groups in total. The largest absolute Gasteiger partial charge is 0.353 e. The second-order valence-electron chi connectivity index (χ2n) is 5.24. The van der Waals surface area contributed by atoms with E-state index in [-0.39, 0.29) is 5.91 Å². The van der Waals surface area contributed by atoms with Gasteiger partial charge in [0, 0.05) is 18.1 Å². The number of pyridine rings is 1. The van der Waals surface area contributed by atoms with Gasteiger partial charge in [0.1, 0.15) is 5.69 Å². The van der Waals surface area contributed by atoms with Crippen molar-refractivity contribution in [2.45, 2.75) is 0 Å². The second kappa shape index (κ2) is 8.15. The number of rotatable bonds is 6. The number of hydrogen-bond acceptors (Lipinski definition) is 4. The van der Waals surface area contributed by atoms with Crippen LogP contribution >= 0.6 is 23.2 Å². The molecule has 5 nitrogen and oxygen atoms in total. The highest BCUT2D eigenvalue weighted by Gasteiger charge is 2.07. The third-order valence-corrected chi connectivity index (χ3v) is 3.60. The number of carbonyl (C=O) groups is 1. The molecule has 2 aromatic rings. The van der Waals surface area contributed by atoms with E-state index in [1.807, 2.05) is 19.0 Å². The number of nitrogens with zero attached hydrogens (tertiary/aromatic N) is 2. The fraction of sp³-hybridized carbons (Fsp3) is 0.250. The predicted molar refractivity (Wildman–Crippen MR) is 94.9 cm³/mol. The van der Waals surface area contributed by atoms with Gasteiger partial charge in [-0.15, -0.1) is 0 Å². The summed E-state index contributed by atoms with van der Waals surface area (Å²) in [5.41, 5.74) is 1.83. The fourth-order valence-corrected chi connectivity index (χ4v) is 2.29. The zero-order valence-electron chi connectivity index (χ0n) is 12.9. The van der Waals surface area contributed by atoms with Crippen LogP contribution < -0.4 is 10.6 Å². The molecular formula is C16H18Cl2N4O. The number of anilines is 2. The van der Waals surface area contributed by atoms with Gasteiger partial charge >= 0.3 is 0 Å². The van der Waals surface area contributed by atoms with Crippen molar-refractivity contribution >= 4 is 40.5 Å². The van der Waals surface area contributed by atoms with E-state index >= 15 is 0 Å². The SMILES string of the molecule is CN(C)CCNC(=O)c1ccc(Nc2ccc(Cl)cc2Cl)cn1. The van der Waals surface area contributed by atoms with Gasteiger partial charge in [-0.25, -0.2) is 4.98 Å². The molecule has 1 amide bonds. The molecule has 0 aliphatic rings. The van der Waals surface area contributed by atoms with E-state index in [0.29, 0.717) is 22.3 Å². The second-order valence-corrected chi connectivity index (χ2v) is 6.08. The van der Waals surface area contributed by atoms with Gasteiger partial charge in [0.05, 0.1) is 22.6 Å². The van der Waals surface area contributed by atoms with Gasteiger partial charge in [0.25, 0.3) is 5.91 Å². The van der Waals surface area contributed by atoms with Crippen LogP contribution in [0.3, 0.4) is 0 Å². The summed E-state index contributed by atoms with van der Waals surface area (Å²) in [4.78, 5) is 18.1. The van der Waals surface area contributed by atoms with Crippen LogP contribution in [0.4, 0.5) is 11.4 Å². The number of nitrogens with one attached hydrogen (secondary N) is 2. The summed E-state index contributed by atoms with van der Waals surface area (Å²) in [6, 6.07) is 8.63. The van der Waals surface area contributed by atoms with Gasteiger partial charge in [-0.05, 0) is 44.4 Å². The van der Waals surface area contributed by atoms with Gasteiger partial charge in [-0.2, -0.15) is 0 Å². The maximum Gasteiger partial charge on any atom is 0.269 e. The Bertz CT molecular complexity index is 674. The Morgan fingerprint density at radius 3 is 2.61 bits per heavy atom. The Morgan fingerprint density at radius 2 is 2.00 bits per heavy atom. The number of carbonyl (C=O) groups excluding carboxylic acids is 1. The normalized spacial score (nSPS) is 10.7. The first kappa shape index (κ1) is 17.5. The number of hydrogen-bond donors (Lipinski definition) is 2. The summed E-state index contributed by atoms with van der Waals surface area (Å²) in [5.74, 6) is -0.192. The van der Waals surface area contributed by atoms with E-state index in [2.05, 4.69) is 15.6 Å². The highest BCUT2D eigenvalue weighted by atomic mass is 35.5. The number of likely N-dealkylation sites (N-methyl/N-ethyl adjacent to an activating group) is 1. The molecule has 0 radical (unpaired) electrons. The van der Waals surface area contributed by atoms with E-state index in [9.17, 15) is 4.79 Å². The quantitative estimate of drug-likeness (QED) is 0.836. The van der Waals surface area contributed by atoms with Crippen molar-refractivity contribution in [1.29, 1.82) is 0 Å². The third kappa shape index (κ3) is 5.39. The van der Waals surface area contributed by atoms with Crippen molar-refractivity contribution < 1.29 is 4.79 Å². The van der Waals surface area contributed by atoms with Gasteiger partial charge < -0.3 is 15.5 Å². The Labute approximate surface area is 145 Å². The van der Waals surface area contributed by atoms with Gasteiger partial charge in [0.15, 0.2) is 0 Å². The number of halogens is 2. The van der Waals surface area contributed by atoms with Crippen molar-refractivity contribution in [3.8, 4) is 0 Å². The molecule has 0 aliphatic carbocycles. The molecular weight excluding hydrogens is 335 g/mol. The van der Waals surface area contributed by atoms with Gasteiger partial charge in [0.2, 0.25) is 0 Å². The maximum absolute atomic E-state index is 11.9. The van der Waals surface area contributed by atoms with E-state index in [0.717, 1.165) is 17.9 Å². The van der Waals surface area contributed by atoms with Crippen LogP contribution in [0.5, 0.6) is 0 Å². The van der Waals surface area contributed by atoms with Crippen LogP contribution in [-0.2, 0) is 0 Å². The molecule has 0 fully saturated rings. The summed E-state index contributed by atoms with van der Waals surface area (Å²) in [5, 5.41) is 7.04. The highest BCUT2D eigenvalue weighted by molar-refractivity contribution is 6.36. The smallest absolute Gasteiger partial charge is 0.269 e. The van der Waals surface area contributed by atoms with Crippen molar-refractivity contribution in [2.24, 2.45) is 0 Å². The molecule has 0 unspecified atom stereocenters. The van der Waals surface area contributed by atoms with Crippen LogP contribution in [0.15, 0.2) is 36.5 Å². The van der Waals surface area contributed by atoms with Crippen LogP contribution in [0, 0.1) is 0 Å². The van der Waals surface area contributed by atoms with Crippen molar-refractivity contribution in [1.82, 2.24) is 15.2 Å². The molecule has 2 rings (SSSR count). The fourth-order valence-electron chi connectivity index (χ4n) is 1.83. The molecule has 0 saturated carbocycles. The molecule has 1 aromatic heterocycles. The minimum Gasteiger partial charge on any atom is -0.353 e. The molecule has 1 heterocycles. The van der Waals surface area contributed by atoms with E-state index in [4.69, 9.17) is 23.2 Å². The Kier molecular flexibility index (Phi) is 6.21. The van der Waals surface area contributed by atoms with Crippen LogP contribution in [-0.4, -0.2) is 43.0 Å². The summed E-state index contributed by atoms with van der Waals surface area (Å²) < 4.78 is 0. The number of amides is 1. The average Bonchev–Trinajstić information content (AvgIpc) is 2.50. The average molecular weight is 353 g/mol. The maximum atomic E-state index is 11.9. The lowest BCUT2D eigenvalue weighted by molar-refractivity contribution is 0.0946. The molecule has 0 bridgehead atoms. The first-order chi connectivity index (χ1) is 11.0. The minimum absolute atomic E-state index is 0.192. The predicted octanol–water partition coefficient (Wildman–Crippen LogP) is 3.42. The third-order valence-electron chi connectivity index (χ3n) is 3.05. The van der Waals surface area contributed by atoms with Crippen LogP contribution in [0.1, 0.15) is 10.5 Å². The first-order valence-corrected chi connectivity index (χ1v) is 7.82. The van der Waals surface area contributed by atoms with Crippen molar-refractivity contribution in [3.63, 3.8) is 0 Å². The summed E-state index contributed by atoms with van der Waals surface area (Å²) in [6.45, 7) is 1.36. The summed E-state index contributed by atoms with van der Waals surface area (Å²) >= 11 is 12.0. The topological polar surface area (TPSA) is 57.3 Å². The van der Waals surface area contributed by atoms with Crippen molar-refractivity contribution in [3.05, 3.63) is 52.3 Å². The summed E-state index contributed by atoms with van der Waals surface area (Å²) in [7, 11) is 3.90. The zero-order chi connectivity index (χ0) is 16.8. The lowest BCUT2D eigenvalue weighted by atomic mass is 10.3. The summed E-state index contributed by atoms with van der Waals surface area (Å²) in [6.07, 6.45) is 1.59. The minimum atomic E-state index is -0.192. The highest BCUT2D eigenvalue weighted by Crippen LogP contribution is 2.27. The lowest BCUT2D eigenvalue weighted by Crippen LogP contribution is -2.31. The molecule has 23 heavy (non-hydrogen) atoms. The molecule has 122 valence electrons. The Hall–Kier alpha value is -1.82. The van der Waals surface area contributed by atoms with E-state index in [1.165, 1.54) is 0 Å². The van der Waals surface area contributed by atoms with E-state index in [1.54, 1.807) is 36.5 Å². The van der Waals surface area contributed by atoms with Crippen molar-refractivity contribution in [2.75, 3.05) is 32.5 Å². The zero-order valence-corrected chi connectivity index (χ0v) is 14.4. The van der Waals surface area contributed by atoms with Crippen LogP contribution in [0.25, 0.3) is 0 Å². The number of aromatic nitrogens is 1. The molecule has 7 heteroatoms. The van der Waals surface area contributed by atoms with Crippen LogP contribution in [0.2, 0.25) is 10.0 Å². The standard InChI is InChI=1S/C16H18Cl2N4O/c1-22(2)8-7-19-16(23)15-6-4-12(10-20-15)21-14-5-3-11(17)9-13(14)18/h3-6,9-10,21H,7-8H2,1-2H3,(H,19,23). The molecule has 0 aliphatic heterocycles.